The van der Waals surface area contributed by atoms with Gasteiger partial charge in [-0.25, -0.2) is 0 Å². The third-order valence-corrected chi connectivity index (χ3v) is 3.61. The van der Waals surface area contributed by atoms with Gasteiger partial charge in [-0.05, 0) is 12.5 Å². The van der Waals surface area contributed by atoms with Crippen LogP contribution in [0.15, 0.2) is 12.7 Å². The standard InChI is InChI=1S/C5H12Cl2Si.C3H5Cl.C2H7ClSi.3CH4/c1-8(2,7)5-3-4-6;1-2-3-4;1-4(2)3;;;/h3-5H2,1-2H3;2H,1,3H2;4H,1-2H3;3*1H4. The summed E-state index contributed by atoms with van der Waals surface area (Å²) in [6.07, 6.45) is 2.71. The van der Waals surface area contributed by atoms with E-state index in [0.29, 0.717) is 5.88 Å². The van der Waals surface area contributed by atoms with Crippen molar-refractivity contribution in [3.8, 4) is 0 Å². The number of rotatable bonds is 4. The van der Waals surface area contributed by atoms with Crippen LogP contribution in [-0.2, 0) is 0 Å². The van der Waals surface area contributed by atoms with Crippen LogP contribution >= 0.6 is 45.4 Å². The Kier molecular flexibility index (Phi) is 53.8. The molecule has 0 aromatic rings. The van der Waals surface area contributed by atoms with E-state index in [2.05, 4.69) is 32.8 Å². The Bertz CT molecular complexity index is 134. The molecule has 0 nitrogen and oxygen atoms in total. The van der Waals surface area contributed by atoms with E-state index in [1.165, 1.54) is 0 Å². The largest absolute Gasteiger partial charge is 0.172 e. The van der Waals surface area contributed by atoms with Crippen LogP contribution in [0.3, 0.4) is 0 Å². The molecule has 0 aromatic carbocycles. The second kappa shape index (κ2) is 27.6. The lowest BCUT2D eigenvalue weighted by atomic mass is 10.6. The van der Waals surface area contributed by atoms with Gasteiger partial charge in [0.2, 0.25) is 0 Å². The first kappa shape index (κ1) is 37.0. The van der Waals surface area contributed by atoms with Crippen LogP contribution in [0.1, 0.15) is 28.7 Å². The molecular weight excluding hydrogens is 354 g/mol. The quantitative estimate of drug-likeness (QED) is 0.201. The number of hydrogen-bond donors (Lipinski definition) is 0. The van der Waals surface area contributed by atoms with E-state index in [1.807, 2.05) is 0 Å². The molecule has 0 aliphatic carbocycles. The van der Waals surface area contributed by atoms with Gasteiger partial charge in [0.15, 0.2) is 7.38 Å². The topological polar surface area (TPSA) is 0 Å². The van der Waals surface area contributed by atoms with Crippen molar-refractivity contribution in [1.82, 2.24) is 0 Å². The second-order valence-corrected chi connectivity index (χ2v) is 16.3. The summed E-state index contributed by atoms with van der Waals surface area (Å²) in [7, 11) is -1.96. The van der Waals surface area contributed by atoms with Crippen molar-refractivity contribution in [3.05, 3.63) is 12.7 Å². The van der Waals surface area contributed by atoms with Gasteiger partial charge in [0.25, 0.3) is 0 Å². The molecule has 0 saturated heterocycles. The maximum absolute atomic E-state index is 5.99. The summed E-state index contributed by atoms with van der Waals surface area (Å²) in [5, 5.41) is 0. The van der Waals surface area contributed by atoms with Crippen molar-refractivity contribution < 1.29 is 0 Å². The molecule has 0 fully saturated rings. The minimum absolute atomic E-state index is 0. The molecule has 0 N–H and O–H groups in total. The van der Waals surface area contributed by atoms with E-state index in [0.717, 1.165) is 18.3 Å². The van der Waals surface area contributed by atoms with Gasteiger partial charge in [-0.1, -0.05) is 54.5 Å². The van der Waals surface area contributed by atoms with Crippen molar-refractivity contribution in [2.45, 2.75) is 60.9 Å². The highest BCUT2D eigenvalue weighted by Crippen LogP contribution is 2.16. The molecular formula is C13H36Cl4Si2. The molecule has 0 heterocycles. The monoisotopic (exact) mass is 388 g/mol. The Hall–Kier alpha value is 1.33. The average molecular weight is 390 g/mol. The third kappa shape index (κ3) is 108. The zero-order chi connectivity index (χ0) is 13.6. The molecule has 0 amide bonds. The molecule has 0 saturated carbocycles. The molecule has 19 heavy (non-hydrogen) atoms. The molecule has 0 atom stereocenters. The molecule has 0 radical (unpaired) electrons. The number of hydrogen-bond acceptors (Lipinski definition) is 0. The molecule has 0 unspecified atom stereocenters. The number of alkyl halides is 2. The van der Waals surface area contributed by atoms with E-state index in [-0.39, 0.29) is 22.3 Å². The second-order valence-electron chi connectivity index (χ2n) is 3.97. The van der Waals surface area contributed by atoms with Crippen molar-refractivity contribution >= 4 is 60.9 Å². The van der Waals surface area contributed by atoms with Crippen LogP contribution in [0, 0.1) is 0 Å². The zero-order valence-corrected chi connectivity index (χ0v) is 15.9. The normalized spacial score (nSPS) is 8.26. The summed E-state index contributed by atoms with van der Waals surface area (Å²) < 4.78 is 0. The van der Waals surface area contributed by atoms with Crippen LogP contribution in [0.2, 0.25) is 32.2 Å². The minimum Gasteiger partial charge on any atom is -0.172 e. The minimum atomic E-state index is -1.29. The van der Waals surface area contributed by atoms with Gasteiger partial charge in [-0.2, -0.15) is 22.2 Å². The van der Waals surface area contributed by atoms with Crippen LogP contribution in [0.25, 0.3) is 0 Å². The first-order chi connectivity index (χ1) is 7.21. The van der Waals surface area contributed by atoms with Gasteiger partial charge in [0, 0.05) is 11.8 Å². The lowest BCUT2D eigenvalue weighted by molar-refractivity contribution is 1.07. The fourth-order valence-corrected chi connectivity index (χ4v) is 2.26. The Morgan fingerprint density at radius 1 is 1.11 bits per heavy atom. The van der Waals surface area contributed by atoms with Crippen molar-refractivity contribution in [2.75, 3.05) is 11.8 Å². The number of halogens is 4. The maximum Gasteiger partial charge on any atom is 0.150 e. The summed E-state index contributed by atoms with van der Waals surface area (Å²) in [5.74, 6) is 1.31. The molecule has 0 bridgehead atoms. The van der Waals surface area contributed by atoms with Gasteiger partial charge >= 0.3 is 0 Å². The highest BCUT2D eigenvalue weighted by molar-refractivity contribution is 7.19. The molecule has 0 aromatic heterocycles. The Labute approximate surface area is 145 Å². The summed E-state index contributed by atoms with van der Waals surface area (Å²) in [4.78, 5) is 0. The molecule has 0 aliphatic rings. The van der Waals surface area contributed by atoms with Gasteiger partial charge in [-0.3, -0.25) is 0 Å². The predicted molar refractivity (Wildman–Crippen MR) is 109 cm³/mol. The highest BCUT2D eigenvalue weighted by Gasteiger charge is 2.14. The maximum atomic E-state index is 5.99. The highest BCUT2D eigenvalue weighted by atomic mass is 35.6. The van der Waals surface area contributed by atoms with Gasteiger partial charge < -0.3 is 0 Å². The van der Waals surface area contributed by atoms with E-state index < -0.39 is 15.5 Å². The van der Waals surface area contributed by atoms with Crippen LogP contribution < -0.4 is 0 Å². The Morgan fingerprint density at radius 3 is 1.42 bits per heavy atom. The zero-order valence-electron chi connectivity index (χ0n) is 10.7. The Balaban J connectivity index is -0.0000000337. The Morgan fingerprint density at radius 2 is 1.37 bits per heavy atom. The average Bonchev–Trinajstić information content (AvgIpc) is 2.13. The lowest BCUT2D eigenvalue weighted by Crippen LogP contribution is -2.15. The SMILES string of the molecule is C.C.C.C=CCCl.C[SiH](C)Cl.C[Si](C)(Cl)CCCCl. The molecule has 124 valence electrons. The fraction of sp³-hybridized carbons (Fsp3) is 0.846. The number of allylic oxidation sites excluding steroid dienone is 1. The van der Waals surface area contributed by atoms with E-state index in [9.17, 15) is 0 Å². The summed E-state index contributed by atoms with van der Waals surface area (Å²) >= 11 is 21.9. The lowest BCUT2D eigenvalue weighted by Gasteiger charge is -2.09. The fourth-order valence-electron chi connectivity index (χ4n) is 0.487. The smallest absolute Gasteiger partial charge is 0.150 e. The molecule has 6 heteroatoms. The summed E-state index contributed by atoms with van der Waals surface area (Å²) in [6.45, 7) is 11.8. The van der Waals surface area contributed by atoms with Crippen molar-refractivity contribution in [1.29, 1.82) is 0 Å². The molecule has 0 aliphatic heterocycles. The van der Waals surface area contributed by atoms with Crippen molar-refractivity contribution in [2.24, 2.45) is 0 Å². The third-order valence-electron chi connectivity index (χ3n) is 1.01. The van der Waals surface area contributed by atoms with Crippen LogP contribution in [0.4, 0.5) is 0 Å². The van der Waals surface area contributed by atoms with E-state index in [1.54, 1.807) is 6.08 Å². The van der Waals surface area contributed by atoms with Gasteiger partial charge in [0.05, 0.1) is 0 Å². The van der Waals surface area contributed by atoms with Crippen LogP contribution in [-0.4, -0.2) is 27.3 Å². The predicted octanol–water partition coefficient (Wildman–Crippen LogP) is 7.59. The molecule has 0 spiro atoms. The van der Waals surface area contributed by atoms with Crippen LogP contribution in [0.5, 0.6) is 0 Å². The molecule has 0 rings (SSSR count). The first-order valence-corrected chi connectivity index (χ1v) is 14.6. The summed E-state index contributed by atoms with van der Waals surface area (Å²) in [5.41, 5.74) is 0. The van der Waals surface area contributed by atoms with E-state index in [4.69, 9.17) is 45.4 Å². The van der Waals surface area contributed by atoms with Gasteiger partial charge in [-0.15, -0.1) is 29.8 Å². The van der Waals surface area contributed by atoms with Crippen molar-refractivity contribution in [3.63, 3.8) is 0 Å². The van der Waals surface area contributed by atoms with E-state index >= 15 is 0 Å². The summed E-state index contributed by atoms with van der Waals surface area (Å²) in [6, 6.07) is 1.14. The van der Waals surface area contributed by atoms with Gasteiger partial charge in [0.1, 0.15) is 8.11 Å². The first-order valence-electron chi connectivity index (χ1n) is 5.27.